The van der Waals surface area contributed by atoms with Gasteiger partial charge in [-0.3, -0.25) is 20.2 Å². The van der Waals surface area contributed by atoms with Crippen LogP contribution in [0.2, 0.25) is 0 Å². The molecule has 0 N–H and O–H groups in total. The summed E-state index contributed by atoms with van der Waals surface area (Å²) in [5.41, 5.74) is -0.855. The Morgan fingerprint density at radius 1 is 1.27 bits per heavy atom. The number of hydrogen-bond donors (Lipinski definition) is 0. The van der Waals surface area contributed by atoms with Crippen LogP contribution in [-0.2, 0) is 0 Å². The monoisotopic (exact) mass is 207 g/mol. The van der Waals surface area contributed by atoms with Crippen LogP contribution in [0, 0.1) is 38.5 Å². The molecule has 76 valence electrons. The van der Waals surface area contributed by atoms with E-state index in [-0.39, 0.29) is 11.1 Å². The Morgan fingerprint density at radius 3 is 2.27 bits per heavy atom. The molecular weight excluding hydrogens is 202 g/mol. The van der Waals surface area contributed by atoms with E-state index in [0.717, 1.165) is 12.1 Å². The van der Waals surface area contributed by atoms with Gasteiger partial charge in [-0.25, -0.2) is 0 Å². The molecule has 0 heterocycles. The molecule has 0 atom stereocenters. The molecule has 0 saturated carbocycles. The molecule has 0 unspecified atom stereocenters. The molecule has 0 amide bonds. The molecule has 0 aliphatic carbocycles. The Bertz CT molecular complexity index is 489. The number of non-ortho nitro benzene ring substituents is 1. The summed E-state index contributed by atoms with van der Waals surface area (Å²) in [4.78, 5) is 19.4. The molecule has 0 saturated heterocycles. The van der Waals surface area contributed by atoms with E-state index in [1.807, 2.05) is 0 Å². The third-order valence-electron chi connectivity index (χ3n) is 1.82. The van der Waals surface area contributed by atoms with E-state index in [1.54, 1.807) is 6.07 Å². The van der Waals surface area contributed by atoms with Gasteiger partial charge in [0, 0.05) is 6.07 Å². The van der Waals surface area contributed by atoms with Gasteiger partial charge in [-0.2, -0.15) is 5.26 Å². The van der Waals surface area contributed by atoms with Crippen molar-refractivity contribution >= 4 is 11.4 Å². The van der Waals surface area contributed by atoms with Gasteiger partial charge in [0.1, 0.15) is 11.6 Å². The number of hydrogen-bond acceptors (Lipinski definition) is 5. The van der Waals surface area contributed by atoms with Gasteiger partial charge in [0.05, 0.1) is 15.9 Å². The highest BCUT2D eigenvalue weighted by Crippen LogP contribution is 2.27. The number of rotatable bonds is 2. The Hall–Kier alpha value is -2.49. The SMILES string of the molecule is Cc1cc([N+](=O)[O-])cc([N+](=O)[O-])c1C#N. The lowest BCUT2D eigenvalue weighted by Gasteiger charge is -1.98. The maximum absolute atomic E-state index is 10.5. The van der Waals surface area contributed by atoms with Gasteiger partial charge < -0.3 is 0 Å². The van der Waals surface area contributed by atoms with Crippen molar-refractivity contribution < 1.29 is 9.85 Å². The Kier molecular flexibility index (Phi) is 2.62. The second-order valence-corrected chi connectivity index (χ2v) is 2.78. The lowest BCUT2D eigenvalue weighted by molar-refractivity contribution is -0.394. The number of nitro benzene ring substituents is 2. The van der Waals surface area contributed by atoms with Crippen LogP contribution in [0.1, 0.15) is 11.1 Å². The first-order valence-corrected chi connectivity index (χ1v) is 3.81. The number of nitro groups is 2. The average Bonchev–Trinajstić information content (AvgIpc) is 2.16. The normalized spacial score (nSPS) is 9.33. The highest BCUT2D eigenvalue weighted by atomic mass is 16.6. The fourth-order valence-electron chi connectivity index (χ4n) is 1.14. The van der Waals surface area contributed by atoms with Crippen molar-refractivity contribution in [2.75, 3.05) is 0 Å². The van der Waals surface area contributed by atoms with E-state index in [2.05, 4.69) is 0 Å². The molecule has 0 bridgehead atoms. The van der Waals surface area contributed by atoms with Crippen LogP contribution >= 0.6 is 0 Å². The first kappa shape index (κ1) is 10.6. The minimum Gasteiger partial charge on any atom is -0.258 e. The van der Waals surface area contributed by atoms with E-state index in [0.29, 0.717) is 0 Å². The summed E-state index contributed by atoms with van der Waals surface area (Å²) in [6.07, 6.45) is 0. The second kappa shape index (κ2) is 3.71. The van der Waals surface area contributed by atoms with Crippen molar-refractivity contribution in [3.05, 3.63) is 43.5 Å². The number of aryl methyl sites for hydroxylation is 1. The molecule has 1 aromatic carbocycles. The Labute approximate surface area is 83.9 Å². The van der Waals surface area contributed by atoms with E-state index < -0.39 is 21.2 Å². The van der Waals surface area contributed by atoms with Gasteiger partial charge in [0.15, 0.2) is 0 Å². The standard InChI is InChI=1S/C8H5N3O4/c1-5-2-6(10(12)13)3-8(11(14)15)7(5)4-9/h2-3H,1H3. The first-order chi connectivity index (χ1) is 6.97. The van der Waals surface area contributed by atoms with Crippen molar-refractivity contribution in [1.82, 2.24) is 0 Å². The topological polar surface area (TPSA) is 110 Å². The van der Waals surface area contributed by atoms with Crippen LogP contribution in [0.15, 0.2) is 12.1 Å². The number of nitrogens with zero attached hydrogens (tertiary/aromatic N) is 3. The molecule has 15 heavy (non-hydrogen) atoms. The minimum absolute atomic E-state index is 0.148. The molecule has 1 aromatic rings. The fraction of sp³-hybridized carbons (Fsp3) is 0.125. The zero-order valence-corrected chi connectivity index (χ0v) is 7.63. The van der Waals surface area contributed by atoms with Gasteiger partial charge in [-0.15, -0.1) is 0 Å². The molecule has 0 fully saturated rings. The maximum Gasteiger partial charge on any atom is 0.294 e. The Morgan fingerprint density at radius 2 is 1.87 bits per heavy atom. The maximum atomic E-state index is 10.5. The van der Waals surface area contributed by atoms with Crippen LogP contribution in [0.25, 0.3) is 0 Å². The lowest BCUT2D eigenvalue weighted by Crippen LogP contribution is -1.97. The zero-order valence-electron chi connectivity index (χ0n) is 7.63. The van der Waals surface area contributed by atoms with Crippen LogP contribution < -0.4 is 0 Å². The van der Waals surface area contributed by atoms with Gasteiger partial charge in [-0.1, -0.05) is 0 Å². The molecule has 7 nitrogen and oxygen atoms in total. The highest BCUT2D eigenvalue weighted by molar-refractivity contribution is 5.58. The third kappa shape index (κ3) is 1.88. The van der Waals surface area contributed by atoms with Crippen molar-refractivity contribution in [2.45, 2.75) is 6.92 Å². The van der Waals surface area contributed by atoms with Gasteiger partial charge in [-0.05, 0) is 12.5 Å². The van der Waals surface area contributed by atoms with Crippen molar-refractivity contribution in [1.29, 1.82) is 5.26 Å². The van der Waals surface area contributed by atoms with Crippen LogP contribution in [0.3, 0.4) is 0 Å². The predicted molar refractivity (Wildman–Crippen MR) is 49.2 cm³/mol. The second-order valence-electron chi connectivity index (χ2n) is 2.78. The largest absolute Gasteiger partial charge is 0.294 e. The third-order valence-corrected chi connectivity index (χ3v) is 1.82. The molecule has 0 aliphatic rings. The summed E-state index contributed by atoms with van der Waals surface area (Å²) in [5.74, 6) is 0. The van der Waals surface area contributed by atoms with Gasteiger partial charge in [0.25, 0.3) is 11.4 Å². The molecule has 7 heteroatoms. The average molecular weight is 207 g/mol. The van der Waals surface area contributed by atoms with E-state index in [9.17, 15) is 20.2 Å². The highest BCUT2D eigenvalue weighted by Gasteiger charge is 2.21. The van der Waals surface area contributed by atoms with Crippen molar-refractivity contribution in [3.8, 4) is 6.07 Å². The number of nitriles is 1. The van der Waals surface area contributed by atoms with Crippen LogP contribution in [0.4, 0.5) is 11.4 Å². The lowest BCUT2D eigenvalue weighted by atomic mass is 10.1. The summed E-state index contributed by atoms with van der Waals surface area (Å²) in [6, 6.07) is 3.56. The molecule has 0 aromatic heterocycles. The summed E-state index contributed by atoms with van der Waals surface area (Å²) >= 11 is 0. The smallest absolute Gasteiger partial charge is 0.258 e. The van der Waals surface area contributed by atoms with Crippen molar-refractivity contribution in [3.63, 3.8) is 0 Å². The van der Waals surface area contributed by atoms with Crippen LogP contribution in [0.5, 0.6) is 0 Å². The zero-order chi connectivity index (χ0) is 11.6. The molecule has 0 aliphatic heterocycles. The summed E-state index contributed by atoms with van der Waals surface area (Å²) in [5, 5.41) is 29.6. The molecular formula is C8H5N3O4. The summed E-state index contributed by atoms with van der Waals surface area (Å²) in [7, 11) is 0. The Balaban J connectivity index is 3.54. The van der Waals surface area contributed by atoms with Crippen LogP contribution in [-0.4, -0.2) is 9.85 Å². The van der Waals surface area contributed by atoms with Gasteiger partial charge >= 0.3 is 0 Å². The van der Waals surface area contributed by atoms with E-state index in [4.69, 9.17) is 5.26 Å². The van der Waals surface area contributed by atoms with E-state index in [1.165, 1.54) is 6.92 Å². The first-order valence-electron chi connectivity index (χ1n) is 3.81. The summed E-state index contributed by atoms with van der Waals surface area (Å²) in [6.45, 7) is 1.42. The van der Waals surface area contributed by atoms with E-state index >= 15 is 0 Å². The molecule has 1 rings (SSSR count). The summed E-state index contributed by atoms with van der Waals surface area (Å²) < 4.78 is 0. The van der Waals surface area contributed by atoms with Gasteiger partial charge in [0.2, 0.25) is 0 Å². The fourth-order valence-corrected chi connectivity index (χ4v) is 1.14. The minimum atomic E-state index is -0.807. The number of benzene rings is 1. The molecule has 0 spiro atoms. The molecule has 0 radical (unpaired) electrons. The van der Waals surface area contributed by atoms with Crippen molar-refractivity contribution in [2.24, 2.45) is 0 Å². The quantitative estimate of drug-likeness (QED) is 0.541. The predicted octanol–water partition coefficient (Wildman–Crippen LogP) is 1.68.